The molecule has 6 heteroatoms. The summed E-state index contributed by atoms with van der Waals surface area (Å²) in [5, 5.41) is 12.2. The first-order valence-corrected chi connectivity index (χ1v) is 9.12. The van der Waals surface area contributed by atoms with Crippen LogP contribution in [0.4, 0.5) is 0 Å². The minimum Gasteiger partial charge on any atom is -0.250 e. The van der Waals surface area contributed by atoms with Gasteiger partial charge in [-0.3, -0.25) is 0 Å². The summed E-state index contributed by atoms with van der Waals surface area (Å²) in [7, 11) is 0. The lowest BCUT2D eigenvalue weighted by molar-refractivity contribution is 0.871. The van der Waals surface area contributed by atoms with Gasteiger partial charge in [-0.2, -0.15) is 14.9 Å². The van der Waals surface area contributed by atoms with Crippen molar-refractivity contribution in [3.63, 3.8) is 0 Å². The Labute approximate surface area is 166 Å². The van der Waals surface area contributed by atoms with Crippen molar-refractivity contribution >= 4 is 30.0 Å². The Kier molecular flexibility index (Phi) is 4.96. The van der Waals surface area contributed by atoms with Gasteiger partial charge in [0.25, 0.3) is 0 Å². The Balaban J connectivity index is 1.62. The van der Waals surface area contributed by atoms with Crippen LogP contribution >= 0.6 is 23.8 Å². The molecule has 1 aromatic heterocycles. The molecule has 0 fully saturated rings. The Morgan fingerprint density at radius 2 is 1.59 bits per heavy atom. The van der Waals surface area contributed by atoms with Crippen molar-refractivity contribution in [1.82, 2.24) is 14.9 Å². The van der Waals surface area contributed by atoms with Crippen LogP contribution < -0.4 is 0 Å². The molecular formula is C21H15ClN4S. The van der Waals surface area contributed by atoms with Gasteiger partial charge in [0.1, 0.15) is 0 Å². The molecule has 0 saturated heterocycles. The highest BCUT2D eigenvalue weighted by molar-refractivity contribution is 7.71. The molecule has 0 atom stereocenters. The number of aromatic nitrogens is 3. The molecule has 1 heterocycles. The molecule has 4 nitrogen and oxygen atoms in total. The van der Waals surface area contributed by atoms with Crippen LogP contribution in [0, 0.1) is 4.77 Å². The van der Waals surface area contributed by atoms with E-state index in [4.69, 9.17) is 23.8 Å². The average Bonchev–Trinajstić information content (AvgIpc) is 3.08. The maximum atomic E-state index is 6.08. The normalized spacial score (nSPS) is 11.1. The van der Waals surface area contributed by atoms with Crippen molar-refractivity contribution in [3.8, 4) is 22.5 Å². The molecule has 0 aliphatic heterocycles. The van der Waals surface area contributed by atoms with Gasteiger partial charge >= 0.3 is 0 Å². The van der Waals surface area contributed by atoms with E-state index in [-0.39, 0.29) is 0 Å². The first kappa shape index (κ1) is 17.4. The van der Waals surface area contributed by atoms with Crippen molar-refractivity contribution in [2.75, 3.05) is 0 Å². The van der Waals surface area contributed by atoms with Crippen LogP contribution in [0.15, 0.2) is 84.0 Å². The molecule has 27 heavy (non-hydrogen) atoms. The Morgan fingerprint density at radius 1 is 0.889 bits per heavy atom. The van der Waals surface area contributed by atoms with E-state index >= 15 is 0 Å². The zero-order valence-corrected chi connectivity index (χ0v) is 15.8. The number of benzene rings is 3. The monoisotopic (exact) mass is 390 g/mol. The summed E-state index contributed by atoms with van der Waals surface area (Å²) in [4.78, 5) is 0. The molecule has 0 saturated carbocycles. The molecule has 0 aliphatic carbocycles. The second-order valence-corrected chi connectivity index (χ2v) is 6.73. The number of H-pyrrole nitrogens is 1. The number of hydrogen-bond acceptors (Lipinski definition) is 3. The third-order valence-corrected chi connectivity index (χ3v) is 4.57. The summed E-state index contributed by atoms with van der Waals surface area (Å²) in [5.74, 6) is 0.611. The third-order valence-electron chi connectivity index (χ3n) is 4.07. The molecule has 0 aliphatic rings. The maximum absolute atomic E-state index is 6.08. The second-order valence-electron chi connectivity index (χ2n) is 5.91. The van der Waals surface area contributed by atoms with Crippen molar-refractivity contribution in [2.24, 2.45) is 5.10 Å². The maximum Gasteiger partial charge on any atom is 0.216 e. The van der Waals surface area contributed by atoms with E-state index in [1.54, 1.807) is 10.9 Å². The molecule has 4 aromatic rings. The summed E-state index contributed by atoms with van der Waals surface area (Å²) in [6.07, 6.45) is 1.76. The summed E-state index contributed by atoms with van der Waals surface area (Å²) >= 11 is 11.4. The van der Waals surface area contributed by atoms with E-state index in [9.17, 15) is 0 Å². The van der Waals surface area contributed by atoms with Gasteiger partial charge in [0, 0.05) is 10.6 Å². The fourth-order valence-corrected chi connectivity index (χ4v) is 3.10. The highest BCUT2D eigenvalue weighted by Gasteiger charge is 2.08. The van der Waals surface area contributed by atoms with Crippen LogP contribution in [0.3, 0.4) is 0 Å². The predicted molar refractivity (Wildman–Crippen MR) is 113 cm³/mol. The fraction of sp³-hybridized carbons (Fsp3) is 0. The number of nitrogens with one attached hydrogen (secondary N) is 1. The van der Waals surface area contributed by atoms with Crippen LogP contribution in [-0.2, 0) is 0 Å². The van der Waals surface area contributed by atoms with Gasteiger partial charge in [-0.1, -0.05) is 78.3 Å². The number of halogens is 1. The van der Waals surface area contributed by atoms with Gasteiger partial charge in [0.15, 0.2) is 5.82 Å². The van der Waals surface area contributed by atoms with E-state index in [1.807, 2.05) is 54.6 Å². The standard InChI is InChI=1S/C21H15ClN4S/c22-19-8-4-7-18(13-19)20-24-25-21(27)26(20)23-14-15-9-11-17(12-10-15)16-5-2-1-3-6-16/h1-14H,(H,25,27)/b23-14-. The molecule has 4 rings (SSSR count). The number of rotatable bonds is 4. The predicted octanol–water partition coefficient (Wildman–Crippen LogP) is 5.81. The van der Waals surface area contributed by atoms with Gasteiger partial charge in [0.05, 0.1) is 6.21 Å². The van der Waals surface area contributed by atoms with Crippen LogP contribution in [-0.4, -0.2) is 21.1 Å². The van der Waals surface area contributed by atoms with Gasteiger partial charge < -0.3 is 0 Å². The molecule has 0 bridgehead atoms. The average molecular weight is 391 g/mol. The van der Waals surface area contributed by atoms with E-state index < -0.39 is 0 Å². The van der Waals surface area contributed by atoms with Crippen molar-refractivity contribution in [1.29, 1.82) is 0 Å². The molecule has 0 amide bonds. The van der Waals surface area contributed by atoms with Crippen LogP contribution in [0.1, 0.15) is 5.56 Å². The molecule has 0 spiro atoms. The lowest BCUT2D eigenvalue weighted by Gasteiger charge is -2.03. The molecule has 0 unspecified atom stereocenters. The summed E-state index contributed by atoms with van der Waals surface area (Å²) in [6.45, 7) is 0. The number of nitrogens with zero attached hydrogens (tertiary/aromatic N) is 3. The molecular weight excluding hydrogens is 376 g/mol. The Bertz CT molecular complexity index is 1140. The largest absolute Gasteiger partial charge is 0.250 e. The Morgan fingerprint density at radius 3 is 2.33 bits per heavy atom. The van der Waals surface area contributed by atoms with Crippen molar-refractivity contribution in [3.05, 3.63) is 94.2 Å². The van der Waals surface area contributed by atoms with Crippen molar-refractivity contribution < 1.29 is 0 Å². The molecule has 0 radical (unpaired) electrons. The minimum absolute atomic E-state index is 0.419. The SMILES string of the molecule is S=c1[nH]nc(-c2cccc(Cl)c2)n1/N=C\c1ccc(-c2ccccc2)cc1. The molecule has 132 valence electrons. The summed E-state index contributed by atoms with van der Waals surface area (Å²) in [5.41, 5.74) is 4.15. The zero-order valence-electron chi connectivity index (χ0n) is 14.2. The smallest absolute Gasteiger partial charge is 0.216 e. The summed E-state index contributed by atoms with van der Waals surface area (Å²) < 4.78 is 2.01. The number of aromatic amines is 1. The topological polar surface area (TPSA) is 46.0 Å². The lowest BCUT2D eigenvalue weighted by Crippen LogP contribution is -1.95. The van der Waals surface area contributed by atoms with E-state index in [2.05, 4.69) is 39.6 Å². The minimum atomic E-state index is 0.419. The first-order valence-electron chi connectivity index (χ1n) is 8.34. The lowest BCUT2D eigenvalue weighted by atomic mass is 10.0. The highest BCUT2D eigenvalue weighted by Crippen LogP contribution is 2.21. The van der Waals surface area contributed by atoms with Crippen LogP contribution in [0.25, 0.3) is 22.5 Å². The quantitative estimate of drug-likeness (QED) is 0.353. The fourth-order valence-electron chi connectivity index (χ4n) is 2.73. The second kappa shape index (κ2) is 7.70. The number of hydrogen-bond donors (Lipinski definition) is 1. The van der Waals surface area contributed by atoms with E-state index in [0.29, 0.717) is 15.6 Å². The van der Waals surface area contributed by atoms with Gasteiger partial charge in [-0.05, 0) is 41.0 Å². The zero-order chi connectivity index (χ0) is 18.6. The molecule has 1 N–H and O–H groups in total. The van der Waals surface area contributed by atoms with Crippen LogP contribution in [0.2, 0.25) is 5.02 Å². The Hall–Kier alpha value is -3.02. The van der Waals surface area contributed by atoms with Gasteiger partial charge in [-0.15, -0.1) is 0 Å². The first-order chi connectivity index (χ1) is 13.2. The van der Waals surface area contributed by atoms with Crippen molar-refractivity contribution in [2.45, 2.75) is 0 Å². The van der Waals surface area contributed by atoms with Crippen LogP contribution in [0.5, 0.6) is 0 Å². The van der Waals surface area contributed by atoms with Gasteiger partial charge in [-0.25, -0.2) is 5.10 Å². The summed E-state index contributed by atoms with van der Waals surface area (Å²) in [6, 6.07) is 25.9. The molecule has 3 aromatic carbocycles. The van der Waals surface area contributed by atoms with E-state index in [0.717, 1.165) is 16.7 Å². The van der Waals surface area contributed by atoms with E-state index in [1.165, 1.54) is 5.56 Å². The van der Waals surface area contributed by atoms with Gasteiger partial charge in [0.2, 0.25) is 4.77 Å². The highest BCUT2D eigenvalue weighted by atomic mass is 35.5. The third kappa shape index (κ3) is 3.89.